The minimum atomic E-state index is -4.02. The van der Waals surface area contributed by atoms with Crippen molar-refractivity contribution in [1.82, 2.24) is 4.98 Å². The van der Waals surface area contributed by atoms with E-state index in [1.807, 2.05) is 13.0 Å². The summed E-state index contributed by atoms with van der Waals surface area (Å²) >= 11 is 0. The van der Waals surface area contributed by atoms with Gasteiger partial charge in [0.05, 0.1) is 21.2 Å². The predicted octanol–water partition coefficient (Wildman–Crippen LogP) is 4.24. The number of benzene rings is 2. The molecular weight excluding hydrogens is 418 g/mol. The molecule has 0 saturated heterocycles. The van der Waals surface area contributed by atoms with Crippen molar-refractivity contribution in [1.29, 1.82) is 0 Å². The molecule has 0 saturated carbocycles. The number of aryl methyl sites for hydroxylation is 2. The molecule has 1 heterocycles. The molecule has 0 amide bonds. The van der Waals surface area contributed by atoms with Crippen molar-refractivity contribution in [2.75, 3.05) is 10.1 Å². The summed E-state index contributed by atoms with van der Waals surface area (Å²) in [6, 6.07) is 12.4. The molecule has 3 aromatic rings. The number of nitrogens with one attached hydrogen (secondary N) is 2. The van der Waals surface area contributed by atoms with Crippen LogP contribution < -0.4 is 10.1 Å². The number of hydrazone groups is 1. The Labute approximate surface area is 180 Å². The number of rotatable bonds is 7. The van der Waals surface area contributed by atoms with E-state index in [1.165, 1.54) is 12.1 Å². The zero-order valence-corrected chi connectivity index (χ0v) is 18.0. The molecule has 0 atom stereocenters. The third kappa shape index (κ3) is 5.23. The Kier molecular flexibility index (Phi) is 6.30. The van der Waals surface area contributed by atoms with Crippen LogP contribution in [-0.2, 0) is 10.0 Å². The average molecular weight is 439 g/mol. The largest absolute Gasteiger partial charge is 0.295 e. The van der Waals surface area contributed by atoms with E-state index >= 15 is 0 Å². The Bertz CT molecular complexity index is 1260. The minimum Gasteiger partial charge on any atom is -0.279 e. The SMILES string of the molecule is C/C(=N\Nc1ccc(S(=O)(=O)Nc2ccc(C)cc2C)cc1[N+](=O)[O-])c1ccncc1. The minimum absolute atomic E-state index is 0.0730. The normalized spacial score (nSPS) is 11.8. The molecular formula is C21H21N5O4S. The second-order valence-corrected chi connectivity index (χ2v) is 8.59. The van der Waals surface area contributed by atoms with E-state index in [-0.39, 0.29) is 10.6 Å². The molecule has 1 aromatic heterocycles. The van der Waals surface area contributed by atoms with Gasteiger partial charge in [-0.1, -0.05) is 17.7 Å². The predicted molar refractivity (Wildman–Crippen MR) is 120 cm³/mol. The van der Waals surface area contributed by atoms with Crippen molar-refractivity contribution in [2.45, 2.75) is 25.7 Å². The van der Waals surface area contributed by atoms with Crippen molar-refractivity contribution in [3.63, 3.8) is 0 Å². The van der Waals surface area contributed by atoms with Crippen LogP contribution in [0.3, 0.4) is 0 Å². The van der Waals surface area contributed by atoms with E-state index in [0.29, 0.717) is 11.4 Å². The van der Waals surface area contributed by atoms with Crippen molar-refractivity contribution < 1.29 is 13.3 Å². The van der Waals surface area contributed by atoms with Gasteiger partial charge in [-0.3, -0.25) is 25.2 Å². The molecule has 0 aliphatic heterocycles. The van der Waals surface area contributed by atoms with E-state index < -0.39 is 20.6 Å². The number of hydrogen-bond acceptors (Lipinski definition) is 7. The van der Waals surface area contributed by atoms with Gasteiger partial charge in [0.2, 0.25) is 0 Å². The molecule has 0 fully saturated rings. The number of nitro groups is 1. The lowest BCUT2D eigenvalue weighted by Gasteiger charge is -2.12. The molecule has 3 rings (SSSR count). The van der Waals surface area contributed by atoms with Crippen molar-refractivity contribution in [3.8, 4) is 0 Å². The fourth-order valence-electron chi connectivity index (χ4n) is 2.86. The fraction of sp³-hybridized carbons (Fsp3) is 0.143. The lowest BCUT2D eigenvalue weighted by atomic mass is 10.1. The first-order valence-electron chi connectivity index (χ1n) is 9.26. The Hall–Kier alpha value is -3.79. The van der Waals surface area contributed by atoms with Crippen LogP contribution >= 0.6 is 0 Å². The van der Waals surface area contributed by atoms with Gasteiger partial charge in [0.25, 0.3) is 15.7 Å². The molecule has 0 bridgehead atoms. The number of nitrogens with zero attached hydrogens (tertiary/aromatic N) is 3. The summed E-state index contributed by atoms with van der Waals surface area (Å²) in [7, 11) is -4.02. The van der Waals surface area contributed by atoms with Gasteiger partial charge in [0.15, 0.2) is 0 Å². The highest BCUT2D eigenvalue weighted by atomic mass is 32.2. The van der Waals surface area contributed by atoms with E-state index in [4.69, 9.17) is 0 Å². The van der Waals surface area contributed by atoms with Crippen LogP contribution in [0.25, 0.3) is 0 Å². The summed E-state index contributed by atoms with van der Waals surface area (Å²) in [6.07, 6.45) is 3.22. The highest BCUT2D eigenvalue weighted by molar-refractivity contribution is 7.92. The standard InChI is InChI=1S/C21H21N5O4S/c1-14-4-6-19(15(2)12-14)25-31(29,30)18-5-7-20(21(13-18)26(27)28)24-23-16(3)17-8-10-22-11-9-17/h4-13,24-25H,1-3H3/b23-16+. The maximum absolute atomic E-state index is 12.8. The van der Waals surface area contributed by atoms with Crippen LogP contribution in [-0.4, -0.2) is 24.0 Å². The molecule has 2 aromatic carbocycles. The third-order valence-electron chi connectivity index (χ3n) is 4.54. The molecule has 31 heavy (non-hydrogen) atoms. The topological polar surface area (TPSA) is 127 Å². The van der Waals surface area contributed by atoms with Gasteiger partial charge < -0.3 is 0 Å². The number of hydrogen-bond donors (Lipinski definition) is 2. The molecule has 10 heteroatoms. The lowest BCUT2D eigenvalue weighted by molar-refractivity contribution is -0.384. The number of aromatic nitrogens is 1. The summed E-state index contributed by atoms with van der Waals surface area (Å²) in [4.78, 5) is 14.6. The molecule has 160 valence electrons. The third-order valence-corrected chi connectivity index (χ3v) is 5.91. The Balaban J connectivity index is 1.90. The summed E-state index contributed by atoms with van der Waals surface area (Å²) in [5.41, 5.74) is 5.85. The van der Waals surface area contributed by atoms with E-state index in [9.17, 15) is 18.5 Å². The first-order valence-corrected chi connectivity index (χ1v) is 10.7. The zero-order chi connectivity index (χ0) is 22.6. The second kappa shape index (κ2) is 8.92. The molecule has 0 aliphatic rings. The van der Waals surface area contributed by atoms with Crippen molar-refractivity contribution >= 4 is 32.8 Å². The van der Waals surface area contributed by atoms with Gasteiger partial charge in [-0.15, -0.1) is 0 Å². The highest BCUT2D eigenvalue weighted by Gasteiger charge is 2.22. The summed E-state index contributed by atoms with van der Waals surface area (Å²) in [5.74, 6) is 0. The molecule has 0 spiro atoms. The van der Waals surface area contributed by atoms with Crippen LogP contribution in [0, 0.1) is 24.0 Å². The van der Waals surface area contributed by atoms with Gasteiger partial charge in [-0.25, -0.2) is 8.42 Å². The molecule has 0 unspecified atom stereocenters. The maximum Gasteiger partial charge on any atom is 0.295 e. The Morgan fingerprint density at radius 3 is 2.35 bits per heavy atom. The van der Waals surface area contributed by atoms with E-state index in [1.54, 1.807) is 50.5 Å². The van der Waals surface area contributed by atoms with Gasteiger partial charge in [-0.05, 0) is 56.7 Å². The summed E-state index contributed by atoms with van der Waals surface area (Å²) in [5, 5.41) is 15.7. The fourth-order valence-corrected chi connectivity index (χ4v) is 4.01. The second-order valence-electron chi connectivity index (χ2n) is 6.90. The molecule has 0 aliphatic carbocycles. The number of sulfonamides is 1. The van der Waals surface area contributed by atoms with Gasteiger partial charge >= 0.3 is 0 Å². The first kappa shape index (κ1) is 21.9. The van der Waals surface area contributed by atoms with Gasteiger partial charge in [0, 0.05) is 24.0 Å². The lowest BCUT2D eigenvalue weighted by Crippen LogP contribution is -2.14. The first-order chi connectivity index (χ1) is 14.7. The quantitative estimate of drug-likeness (QED) is 0.322. The summed E-state index contributed by atoms with van der Waals surface area (Å²) < 4.78 is 28.1. The van der Waals surface area contributed by atoms with Crippen LogP contribution in [0.4, 0.5) is 17.1 Å². The number of nitro benzene ring substituents is 1. The van der Waals surface area contributed by atoms with Crippen LogP contribution in [0.1, 0.15) is 23.6 Å². The maximum atomic E-state index is 12.8. The average Bonchev–Trinajstić information content (AvgIpc) is 2.74. The molecule has 0 radical (unpaired) electrons. The Morgan fingerprint density at radius 1 is 1.03 bits per heavy atom. The summed E-state index contributed by atoms with van der Waals surface area (Å²) in [6.45, 7) is 5.42. The van der Waals surface area contributed by atoms with E-state index in [2.05, 4.69) is 20.2 Å². The van der Waals surface area contributed by atoms with Gasteiger partial charge in [0.1, 0.15) is 5.69 Å². The monoisotopic (exact) mass is 439 g/mol. The van der Waals surface area contributed by atoms with Crippen molar-refractivity contribution in [2.24, 2.45) is 5.10 Å². The van der Waals surface area contributed by atoms with Gasteiger partial charge in [-0.2, -0.15) is 5.10 Å². The number of anilines is 2. The Morgan fingerprint density at radius 2 is 1.71 bits per heavy atom. The smallest absolute Gasteiger partial charge is 0.279 e. The van der Waals surface area contributed by atoms with E-state index in [0.717, 1.165) is 22.8 Å². The number of pyridine rings is 1. The van der Waals surface area contributed by atoms with Crippen LogP contribution in [0.15, 0.2) is 70.9 Å². The van der Waals surface area contributed by atoms with Crippen molar-refractivity contribution in [3.05, 3.63) is 87.7 Å². The van der Waals surface area contributed by atoms with Crippen LogP contribution in [0.5, 0.6) is 0 Å². The zero-order valence-electron chi connectivity index (χ0n) is 17.2. The molecule has 9 nitrogen and oxygen atoms in total. The van der Waals surface area contributed by atoms with Crippen LogP contribution in [0.2, 0.25) is 0 Å². The molecule has 2 N–H and O–H groups in total. The highest BCUT2D eigenvalue weighted by Crippen LogP contribution is 2.29.